The summed E-state index contributed by atoms with van der Waals surface area (Å²) in [6.07, 6.45) is 3.49. The number of nitrogens with one attached hydrogen (secondary N) is 3. The molecule has 0 bridgehead atoms. The number of amides is 1. The van der Waals surface area contributed by atoms with Crippen LogP contribution in [0.1, 0.15) is 41.5 Å². The summed E-state index contributed by atoms with van der Waals surface area (Å²) in [5.41, 5.74) is 4.43. The number of aromatic amines is 2. The fourth-order valence-corrected chi connectivity index (χ4v) is 5.10. The van der Waals surface area contributed by atoms with Crippen molar-refractivity contribution in [2.45, 2.75) is 19.9 Å². The van der Waals surface area contributed by atoms with E-state index in [-0.39, 0.29) is 17.0 Å². The Hall–Kier alpha value is -5.25. The number of nitrogens with zero attached hydrogens (tertiary/aromatic N) is 1. The van der Waals surface area contributed by atoms with E-state index >= 15 is 0 Å². The maximum Gasteiger partial charge on any atom is 0.335 e. The Bertz CT molecular complexity index is 1860. The fraction of sp³-hybridized carbons (Fsp3) is 0.194. The van der Waals surface area contributed by atoms with Gasteiger partial charge in [-0.1, -0.05) is 12.1 Å². The van der Waals surface area contributed by atoms with Gasteiger partial charge < -0.3 is 29.9 Å². The number of carbonyl (C=O) groups is 2. The molecule has 4 aromatic rings. The number of likely N-dealkylation sites (N-methyl/N-ethyl adjacent to an activating group) is 1. The van der Waals surface area contributed by atoms with Gasteiger partial charge in [0, 0.05) is 29.1 Å². The van der Waals surface area contributed by atoms with Gasteiger partial charge in [0.25, 0.3) is 5.56 Å². The number of allylic oxidation sites excluding steroid dienone is 1. The Morgan fingerprint density at radius 2 is 1.80 bits per heavy atom. The third kappa shape index (κ3) is 5.07. The molecule has 41 heavy (non-hydrogen) atoms. The number of carboxylic acids is 1. The molecule has 2 aromatic carbocycles. The predicted molar refractivity (Wildman–Crippen MR) is 155 cm³/mol. The lowest BCUT2D eigenvalue weighted by Crippen LogP contribution is -2.41. The van der Waals surface area contributed by atoms with Crippen LogP contribution >= 0.6 is 0 Å². The number of carbonyl (C=O) groups excluding carboxylic acids is 1. The Morgan fingerprint density at radius 3 is 2.46 bits per heavy atom. The molecule has 0 fully saturated rings. The van der Waals surface area contributed by atoms with Crippen LogP contribution in [0.25, 0.3) is 23.4 Å². The lowest BCUT2D eigenvalue weighted by Gasteiger charge is -2.27. The molecule has 210 valence electrons. The lowest BCUT2D eigenvalue weighted by molar-refractivity contribution is -0.117. The van der Waals surface area contributed by atoms with Gasteiger partial charge in [-0.25, -0.2) is 4.79 Å². The molecular weight excluding hydrogens is 524 g/mol. The number of aromatic nitrogens is 3. The molecule has 1 amide bonds. The highest BCUT2D eigenvalue weighted by Crippen LogP contribution is 2.37. The van der Waals surface area contributed by atoms with Crippen LogP contribution in [0.15, 0.2) is 70.5 Å². The smallest absolute Gasteiger partial charge is 0.335 e. The number of fused-ring (bicyclic) bond motifs is 1. The monoisotopic (exact) mass is 554 g/mol. The molecule has 2 aromatic heterocycles. The minimum Gasteiger partial charge on any atom is -0.497 e. The highest BCUT2D eigenvalue weighted by molar-refractivity contribution is 5.97. The highest BCUT2D eigenvalue weighted by atomic mass is 16.5. The SMILES string of the molecule is CCNC(=O)C1=C(C)C=c2[nH]/c(=C\c3ccc(-c4ccc(C(=O)O)cc4)[nH]3)c(=O)n2C1c1cc(OC)ccc1OC. The molecule has 0 aliphatic carbocycles. The van der Waals surface area contributed by atoms with Gasteiger partial charge in [-0.15, -0.1) is 0 Å². The number of benzene rings is 2. The van der Waals surface area contributed by atoms with E-state index in [2.05, 4.69) is 15.3 Å². The van der Waals surface area contributed by atoms with E-state index in [4.69, 9.17) is 14.6 Å². The van der Waals surface area contributed by atoms with Crippen molar-refractivity contribution in [3.63, 3.8) is 0 Å². The van der Waals surface area contributed by atoms with E-state index in [1.165, 1.54) is 12.1 Å². The van der Waals surface area contributed by atoms with E-state index < -0.39 is 12.0 Å². The van der Waals surface area contributed by atoms with Crippen molar-refractivity contribution in [3.05, 3.63) is 104 Å². The second-order valence-electron chi connectivity index (χ2n) is 9.56. The van der Waals surface area contributed by atoms with E-state index in [0.717, 1.165) is 11.3 Å². The van der Waals surface area contributed by atoms with Crippen molar-refractivity contribution in [3.8, 4) is 22.8 Å². The second kappa shape index (κ2) is 11.1. The number of aromatic carboxylic acids is 1. The number of carboxylic acid groups (broad SMARTS) is 1. The molecule has 10 nitrogen and oxygen atoms in total. The van der Waals surface area contributed by atoms with Gasteiger partial charge in [0.05, 0.1) is 25.8 Å². The summed E-state index contributed by atoms with van der Waals surface area (Å²) < 4.78 is 12.7. The van der Waals surface area contributed by atoms with Crippen molar-refractivity contribution in [2.24, 2.45) is 0 Å². The number of H-pyrrole nitrogens is 2. The first-order valence-corrected chi connectivity index (χ1v) is 13.0. The normalized spacial score (nSPS) is 14.8. The van der Waals surface area contributed by atoms with Crippen molar-refractivity contribution < 1.29 is 24.2 Å². The first-order chi connectivity index (χ1) is 19.7. The number of imidazole rings is 1. The Kier molecular flexibility index (Phi) is 7.39. The molecule has 1 unspecified atom stereocenters. The largest absolute Gasteiger partial charge is 0.497 e. The molecule has 10 heteroatoms. The molecule has 1 atom stereocenters. The van der Waals surface area contributed by atoms with E-state index in [0.29, 0.717) is 51.3 Å². The lowest BCUT2D eigenvalue weighted by atomic mass is 9.91. The predicted octanol–water partition coefficient (Wildman–Crippen LogP) is 2.55. The van der Waals surface area contributed by atoms with Gasteiger partial charge in [-0.05, 0) is 79.6 Å². The molecule has 0 spiro atoms. The third-order valence-corrected chi connectivity index (χ3v) is 7.05. The fourth-order valence-electron chi connectivity index (χ4n) is 5.10. The number of hydrogen-bond acceptors (Lipinski definition) is 5. The topological polar surface area (TPSA) is 138 Å². The molecule has 3 heterocycles. The van der Waals surface area contributed by atoms with Crippen molar-refractivity contribution in [1.82, 2.24) is 19.9 Å². The minimum absolute atomic E-state index is 0.200. The van der Waals surface area contributed by atoms with Gasteiger partial charge in [-0.2, -0.15) is 0 Å². The summed E-state index contributed by atoms with van der Waals surface area (Å²) in [6, 6.07) is 14.7. The summed E-state index contributed by atoms with van der Waals surface area (Å²) in [5, 5.41) is 12.4. The van der Waals surface area contributed by atoms with Crippen LogP contribution < -0.4 is 31.2 Å². The maximum absolute atomic E-state index is 14.0. The number of ether oxygens (including phenoxy) is 2. The first-order valence-electron chi connectivity index (χ1n) is 13.0. The first kappa shape index (κ1) is 27.3. The van der Waals surface area contributed by atoms with Gasteiger partial charge in [0.15, 0.2) is 0 Å². The zero-order valence-corrected chi connectivity index (χ0v) is 23.1. The van der Waals surface area contributed by atoms with Crippen molar-refractivity contribution >= 4 is 24.0 Å². The molecule has 1 aliphatic rings. The quantitative estimate of drug-likeness (QED) is 0.264. The standard InChI is InChI=1S/C31H30N4O6/c1-5-32-29(36)27-17(2)14-26-34-24(15-20-10-12-23(33-20)18-6-8-19(9-7-18)31(38)39)30(37)35(26)28(27)22-16-21(40-3)11-13-25(22)41-4/h6-16,28,33-34H,5H2,1-4H3,(H,32,36)(H,38,39)/b24-15-. The number of hydrogen-bond donors (Lipinski definition) is 4. The van der Waals surface area contributed by atoms with Gasteiger partial charge in [0.1, 0.15) is 22.3 Å². The van der Waals surface area contributed by atoms with Crippen LogP contribution in [-0.2, 0) is 4.79 Å². The summed E-state index contributed by atoms with van der Waals surface area (Å²) in [4.78, 5) is 44.9. The average molecular weight is 555 g/mol. The summed E-state index contributed by atoms with van der Waals surface area (Å²) in [6.45, 7) is 4.11. The summed E-state index contributed by atoms with van der Waals surface area (Å²) >= 11 is 0. The Morgan fingerprint density at radius 1 is 1.05 bits per heavy atom. The van der Waals surface area contributed by atoms with Crippen molar-refractivity contribution in [1.29, 1.82) is 0 Å². The van der Waals surface area contributed by atoms with Crippen molar-refractivity contribution in [2.75, 3.05) is 20.8 Å². The summed E-state index contributed by atoms with van der Waals surface area (Å²) in [7, 11) is 3.10. The van der Waals surface area contributed by atoms with E-state index in [1.54, 1.807) is 61.3 Å². The zero-order chi connectivity index (χ0) is 29.3. The van der Waals surface area contributed by atoms with Gasteiger partial charge in [0.2, 0.25) is 5.91 Å². The van der Waals surface area contributed by atoms with Crippen LogP contribution in [0.3, 0.4) is 0 Å². The average Bonchev–Trinajstić information content (AvgIpc) is 3.56. The minimum atomic E-state index is -0.991. The molecular formula is C31H30N4O6. The molecule has 1 aliphatic heterocycles. The number of rotatable bonds is 8. The van der Waals surface area contributed by atoms with E-state index in [9.17, 15) is 14.4 Å². The summed E-state index contributed by atoms with van der Waals surface area (Å²) in [5.74, 6) is -0.186. The Labute approximate surface area is 235 Å². The van der Waals surface area contributed by atoms with Gasteiger partial charge >= 0.3 is 5.97 Å². The van der Waals surface area contributed by atoms with Crippen LogP contribution in [0.2, 0.25) is 0 Å². The zero-order valence-electron chi connectivity index (χ0n) is 23.1. The number of methoxy groups -OCH3 is 2. The Balaban J connectivity index is 1.64. The molecule has 4 N–H and O–H groups in total. The van der Waals surface area contributed by atoms with Crippen LogP contribution in [-0.4, -0.2) is 52.3 Å². The van der Waals surface area contributed by atoms with E-state index in [1.807, 2.05) is 26.0 Å². The van der Waals surface area contributed by atoms with Crippen LogP contribution in [0.5, 0.6) is 11.5 Å². The molecule has 0 radical (unpaired) electrons. The van der Waals surface area contributed by atoms with Crippen LogP contribution in [0, 0.1) is 0 Å². The second-order valence-corrected chi connectivity index (χ2v) is 9.56. The molecule has 0 saturated heterocycles. The van der Waals surface area contributed by atoms with Gasteiger partial charge in [-0.3, -0.25) is 14.2 Å². The molecule has 5 rings (SSSR count). The van der Waals surface area contributed by atoms with Crippen LogP contribution in [0.4, 0.5) is 0 Å². The maximum atomic E-state index is 14.0. The highest BCUT2D eigenvalue weighted by Gasteiger charge is 2.33. The third-order valence-electron chi connectivity index (χ3n) is 7.05. The molecule has 0 saturated carbocycles.